The van der Waals surface area contributed by atoms with Crippen molar-refractivity contribution in [1.82, 2.24) is 0 Å². The van der Waals surface area contributed by atoms with Crippen LogP contribution in [0.1, 0.15) is 34.6 Å². The van der Waals surface area contributed by atoms with Gasteiger partial charge < -0.3 is 4.74 Å². The van der Waals surface area contributed by atoms with Crippen LogP contribution in [0.2, 0.25) is 0 Å². The maximum Gasteiger partial charge on any atom is 0.339 e. The predicted octanol–water partition coefficient (Wildman–Crippen LogP) is 2.05. The molecule has 3 nitrogen and oxygen atoms in total. The third-order valence-corrected chi connectivity index (χ3v) is 2.64. The minimum atomic E-state index is -0.660. The Morgan fingerprint density at radius 1 is 1.43 bits per heavy atom. The second kappa shape index (κ2) is 3.07. The molecule has 1 rings (SSSR count). The number of hydrogen-bond acceptors (Lipinski definition) is 3. The van der Waals surface area contributed by atoms with Crippen molar-refractivity contribution >= 4 is 11.7 Å². The maximum absolute atomic E-state index is 11.7. The maximum atomic E-state index is 11.7. The van der Waals surface area contributed by atoms with Gasteiger partial charge in [0.15, 0.2) is 5.54 Å². The Morgan fingerprint density at radius 3 is 2.14 bits per heavy atom. The number of hydrogen-bond donors (Lipinski definition) is 0. The fourth-order valence-corrected chi connectivity index (χ4v) is 1.82. The number of carbonyl (C=O) groups excluding carboxylic acids is 1. The minimum absolute atomic E-state index is 0.0432. The summed E-state index contributed by atoms with van der Waals surface area (Å²) < 4.78 is 4.81. The molecule has 0 N–H and O–H groups in total. The summed E-state index contributed by atoms with van der Waals surface area (Å²) in [6.45, 7) is 10.2. The first kappa shape index (κ1) is 11.2. The molecule has 0 aromatic carbocycles. The number of carbonyl (C=O) groups is 1. The second-order valence-corrected chi connectivity index (χ2v) is 5.12. The Balaban J connectivity index is 2.91. The summed E-state index contributed by atoms with van der Waals surface area (Å²) in [4.78, 5) is 16.0. The summed E-state index contributed by atoms with van der Waals surface area (Å²) in [7, 11) is 1.42. The second-order valence-electron chi connectivity index (χ2n) is 5.12. The SMILES string of the molecule is COC(=O)C1(C(C)C)N=C1C(C)(C)C. The zero-order valence-corrected chi connectivity index (χ0v) is 9.84. The summed E-state index contributed by atoms with van der Waals surface area (Å²) in [6.07, 6.45) is 0. The highest BCUT2D eigenvalue weighted by Gasteiger charge is 2.60. The molecule has 0 radical (unpaired) electrons. The predicted molar refractivity (Wildman–Crippen MR) is 56.5 cm³/mol. The molecule has 0 spiro atoms. The highest BCUT2D eigenvalue weighted by atomic mass is 16.5. The van der Waals surface area contributed by atoms with Crippen LogP contribution in [-0.2, 0) is 9.53 Å². The smallest absolute Gasteiger partial charge is 0.339 e. The van der Waals surface area contributed by atoms with Crippen LogP contribution in [0, 0.1) is 11.3 Å². The molecule has 1 unspecified atom stereocenters. The Morgan fingerprint density at radius 2 is 1.93 bits per heavy atom. The van der Waals surface area contributed by atoms with Crippen molar-refractivity contribution in [2.75, 3.05) is 7.11 Å². The van der Waals surface area contributed by atoms with Gasteiger partial charge in [0.1, 0.15) is 0 Å². The number of ether oxygens (including phenoxy) is 1. The first-order chi connectivity index (χ1) is 6.26. The van der Waals surface area contributed by atoms with E-state index in [2.05, 4.69) is 25.8 Å². The first-order valence-electron chi connectivity index (χ1n) is 4.96. The molecular weight excluding hydrogens is 178 g/mol. The van der Waals surface area contributed by atoms with Crippen LogP contribution in [0.3, 0.4) is 0 Å². The molecule has 0 aromatic heterocycles. The van der Waals surface area contributed by atoms with Crippen LogP contribution in [0.4, 0.5) is 0 Å². The third-order valence-electron chi connectivity index (χ3n) is 2.64. The van der Waals surface area contributed by atoms with Gasteiger partial charge in [0.2, 0.25) is 0 Å². The number of methoxy groups -OCH3 is 1. The van der Waals surface area contributed by atoms with Crippen molar-refractivity contribution in [3.8, 4) is 0 Å². The summed E-state index contributed by atoms with van der Waals surface area (Å²) in [5.41, 5.74) is 0.262. The molecular formula is C11H19NO2. The van der Waals surface area contributed by atoms with E-state index in [9.17, 15) is 4.79 Å². The van der Waals surface area contributed by atoms with Crippen molar-refractivity contribution in [2.45, 2.75) is 40.2 Å². The van der Waals surface area contributed by atoms with E-state index in [0.717, 1.165) is 5.71 Å². The molecule has 0 aromatic rings. The fraction of sp³-hybridized carbons (Fsp3) is 0.818. The average molecular weight is 197 g/mol. The highest BCUT2D eigenvalue weighted by molar-refractivity contribution is 6.23. The molecule has 0 bridgehead atoms. The molecule has 3 heteroatoms. The molecule has 0 saturated heterocycles. The van der Waals surface area contributed by atoms with E-state index in [1.54, 1.807) is 0 Å². The Labute approximate surface area is 85.6 Å². The Kier molecular flexibility index (Phi) is 2.46. The van der Waals surface area contributed by atoms with Gasteiger partial charge in [-0.05, 0) is 5.92 Å². The van der Waals surface area contributed by atoms with Crippen molar-refractivity contribution in [2.24, 2.45) is 16.3 Å². The minimum Gasteiger partial charge on any atom is -0.467 e. The van der Waals surface area contributed by atoms with Crippen LogP contribution >= 0.6 is 0 Å². The monoisotopic (exact) mass is 197 g/mol. The number of nitrogens with zero attached hydrogens (tertiary/aromatic N) is 1. The number of esters is 1. The standard InChI is InChI=1S/C11H19NO2/c1-7(2)11(9(13)14-6)8(12-11)10(3,4)5/h7H,1-6H3. The largest absolute Gasteiger partial charge is 0.467 e. The van der Waals surface area contributed by atoms with Crippen molar-refractivity contribution in [1.29, 1.82) is 0 Å². The van der Waals surface area contributed by atoms with Gasteiger partial charge >= 0.3 is 5.97 Å². The van der Waals surface area contributed by atoms with Gasteiger partial charge in [-0.3, -0.25) is 4.99 Å². The molecule has 0 fully saturated rings. The Bertz CT molecular complexity index is 286. The van der Waals surface area contributed by atoms with Crippen LogP contribution in [0.5, 0.6) is 0 Å². The fourth-order valence-electron chi connectivity index (χ4n) is 1.82. The van der Waals surface area contributed by atoms with Crippen LogP contribution in [0.15, 0.2) is 4.99 Å². The van der Waals surface area contributed by atoms with E-state index in [4.69, 9.17) is 4.74 Å². The normalized spacial score (nSPS) is 26.1. The van der Waals surface area contributed by atoms with Gasteiger partial charge in [0.05, 0.1) is 12.8 Å². The molecule has 80 valence electrons. The van der Waals surface area contributed by atoms with Crippen LogP contribution in [0.25, 0.3) is 0 Å². The van der Waals surface area contributed by atoms with E-state index >= 15 is 0 Å². The van der Waals surface area contributed by atoms with Gasteiger partial charge in [-0.2, -0.15) is 0 Å². The molecule has 1 aliphatic rings. The van der Waals surface area contributed by atoms with Crippen LogP contribution < -0.4 is 0 Å². The van der Waals surface area contributed by atoms with E-state index in [0.29, 0.717) is 0 Å². The summed E-state index contributed by atoms with van der Waals surface area (Å²) in [5.74, 6) is -0.0541. The van der Waals surface area contributed by atoms with Crippen molar-refractivity contribution < 1.29 is 9.53 Å². The molecule has 14 heavy (non-hydrogen) atoms. The zero-order chi connectivity index (χ0) is 11.1. The lowest BCUT2D eigenvalue weighted by molar-refractivity contribution is -0.144. The molecule has 1 heterocycles. The van der Waals surface area contributed by atoms with E-state index < -0.39 is 5.54 Å². The molecule has 0 aliphatic carbocycles. The molecule has 1 aliphatic heterocycles. The van der Waals surface area contributed by atoms with Crippen molar-refractivity contribution in [3.63, 3.8) is 0 Å². The van der Waals surface area contributed by atoms with E-state index in [1.807, 2.05) is 13.8 Å². The summed E-state index contributed by atoms with van der Waals surface area (Å²) in [6, 6.07) is 0. The van der Waals surface area contributed by atoms with Crippen LogP contribution in [-0.4, -0.2) is 24.3 Å². The highest BCUT2D eigenvalue weighted by Crippen LogP contribution is 2.44. The van der Waals surface area contributed by atoms with E-state index in [1.165, 1.54) is 7.11 Å². The quantitative estimate of drug-likeness (QED) is 0.635. The number of rotatable bonds is 2. The molecule has 0 amide bonds. The summed E-state index contributed by atoms with van der Waals surface area (Å²) >= 11 is 0. The van der Waals surface area contributed by atoms with Gasteiger partial charge in [0.25, 0.3) is 0 Å². The molecule has 1 atom stereocenters. The third kappa shape index (κ3) is 1.45. The lowest BCUT2D eigenvalue weighted by Crippen LogP contribution is -2.40. The zero-order valence-electron chi connectivity index (χ0n) is 9.84. The summed E-state index contributed by atoms with van der Waals surface area (Å²) in [5, 5.41) is 0. The first-order valence-corrected chi connectivity index (χ1v) is 4.96. The Hall–Kier alpha value is -0.860. The lowest BCUT2D eigenvalue weighted by atomic mass is 9.79. The van der Waals surface area contributed by atoms with Gasteiger partial charge in [-0.15, -0.1) is 0 Å². The average Bonchev–Trinajstić information content (AvgIpc) is 2.77. The van der Waals surface area contributed by atoms with Gasteiger partial charge in [0, 0.05) is 5.41 Å². The van der Waals surface area contributed by atoms with E-state index in [-0.39, 0.29) is 17.3 Å². The van der Waals surface area contributed by atoms with Gasteiger partial charge in [-0.1, -0.05) is 34.6 Å². The number of aliphatic imine (C=N–C) groups is 1. The molecule has 0 saturated carbocycles. The topological polar surface area (TPSA) is 38.7 Å². The van der Waals surface area contributed by atoms with Crippen molar-refractivity contribution in [3.05, 3.63) is 0 Å². The van der Waals surface area contributed by atoms with Gasteiger partial charge in [-0.25, -0.2) is 4.79 Å². The lowest BCUT2D eigenvalue weighted by Gasteiger charge is -2.22.